The second-order valence-corrected chi connectivity index (χ2v) is 7.32. The number of hydrogen-bond donors (Lipinski definition) is 3. The van der Waals surface area contributed by atoms with Crippen LogP contribution in [0.1, 0.15) is 0 Å². The fraction of sp³-hybridized carbons (Fsp3) is 0. The van der Waals surface area contributed by atoms with Crippen LogP contribution in [0.15, 0.2) is 67.3 Å². The van der Waals surface area contributed by atoms with Gasteiger partial charge in [0.1, 0.15) is 22.7 Å². The van der Waals surface area contributed by atoms with Gasteiger partial charge in [0.2, 0.25) is 0 Å². The molecule has 0 spiro atoms. The highest BCUT2D eigenvalue weighted by molar-refractivity contribution is 5.96. The van der Waals surface area contributed by atoms with Crippen molar-refractivity contribution in [1.29, 1.82) is 0 Å². The second kappa shape index (κ2) is 6.95. The summed E-state index contributed by atoms with van der Waals surface area (Å²) < 4.78 is 14.4. The number of H-pyrrole nitrogens is 2. The normalized spacial score (nSPS) is 11.4. The fourth-order valence-corrected chi connectivity index (χ4v) is 3.76. The van der Waals surface area contributed by atoms with E-state index in [1.54, 1.807) is 49.1 Å². The van der Waals surface area contributed by atoms with E-state index in [4.69, 9.17) is 10.7 Å². The molecule has 154 valence electrons. The van der Waals surface area contributed by atoms with E-state index >= 15 is 0 Å². The molecule has 6 rings (SSSR count). The van der Waals surface area contributed by atoms with Gasteiger partial charge in [-0.05, 0) is 30.3 Å². The van der Waals surface area contributed by atoms with Crippen molar-refractivity contribution in [1.82, 2.24) is 35.1 Å². The van der Waals surface area contributed by atoms with E-state index in [9.17, 15) is 4.39 Å². The van der Waals surface area contributed by atoms with Gasteiger partial charge in [0.05, 0.1) is 16.6 Å². The van der Waals surface area contributed by atoms with Crippen LogP contribution in [0, 0.1) is 5.82 Å². The number of nitrogens with one attached hydrogen (secondary N) is 2. The molecule has 6 aromatic rings. The first-order chi connectivity index (χ1) is 15.7. The average molecular weight is 422 g/mol. The van der Waals surface area contributed by atoms with E-state index in [-0.39, 0.29) is 5.82 Å². The molecule has 4 N–H and O–H groups in total. The third-order valence-corrected chi connectivity index (χ3v) is 5.26. The van der Waals surface area contributed by atoms with Gasteiger partial charge in [0, 0.05) is 41.5 Å². The lowest BCUT2D eigenvalue weighted by Gasteiger charge is -2.02. The van der Waals surface area contributed by atoms with Crippen LogP contribution in [0.5, 0.6) is 0 Å². The summed E-state index contributed by atoms with van der Waals surface area (Å²) in [5.74, 6) is 0.174. The molecule has 0 aliphatic rings. The Morgan fingerprint density at radius 3 is 2.66 bits per heavy atom. The number of anilines is 1. The number of nitrogen functional groups attached to an aromatic ring is 1. The number of benzene rings is 1. The number of hydrogen-bond acceptors (Lipinski definition) is 6. The van der Waals surface area contributed by atoms with Crippen molar-refractivity contribution in [3.8, 4) is 33.9 Å². The lowest BCUT2D eigenvalue weighted by molar-refractivity contribution is 0.631. The predicted molar refractivity (Wildman–Crippen MR) is 120 cm³/mol. The highest BCUT2D eigenvalue weighted by Gasteiger charge is 2.18. The van der Waals surface area contributed by atoms with Crippen molar-refractivity contribution in [3.05, 3.63) is 73.1 Å². The molecule has 0 aliphatic carbocycles. The standard InChI is InChI=1S/C23H15FN8/c24-17-4-2-1-3-15(17)19-21-18(5-6-27-19)29-23(30-21)20-16-8-13(10-28-22(16)32-31-20)12-7-14(25)11-26-9-12/h1-11H,25H2,(H,29,30)(H,28,31,32). The summed E-state index contributed by atoms with van der Waals surface area (Å²) in [4.78, 5) is 21.0. The summed E-state index contributed by atoms with van der Waals surface area (Å²) in [7, 11) is 0. The van der Waals surface area contributed by atoms with Crippen molar-refractivity contribution in [2.24, 2.45) is 0 Å². The molecule has 8 nitrogen and oxygen atoms in total. The van der Waals surface area contributed by atoms with Crippen LogP contribution in [0.4, 0.5) is 10.1 Å². The van der Waals surface area contributed by atoms with Crippen molar-refractivity contribution in [2.45, 2.75) is 0 Å². The number of aromatic amines is 2. The SMILES string of the molecule is Nc1cncc(-c2cnc3[nH]nc(-c4nc5c(-c6ccccc6F)nccc5[nH]4)c3c2)c1. The van der Waals surface area contributed by atoms with Crippen LogP contribution in [0.25, 0.3) is 56.0 Å². The summed E-state index contributed by atoms with van der Waals surface area (Å²) in [6.07, 6.45) is 6.68. The zero-order chi connectivity index (χ0) is 21.7. The van der Waals surface area contributed by atoms with Gasteiger partial charge in [-0.15, -0.1) is 0 Å². The van der Waals surface area contributed by atoms with Crippen molar-refractivity contribution in [3.63, 3.8) is 0 Å². The van der Waals surface area contributed by atoms with Crippen LogP contribution in [-0.2, 0) is 0 Å². The van der Waals surface area contributed by atoms with Crippen LogP contribution < -0.4 is 5.73 Å². The maximum absolute atomic E-state index is 14.4. The Kier molecular flexibility index (Phi) is 3.94. The highest BCUT2D eigenvalue weighted by Crippen LogP contribution is 2.32. The predicted octanol–water partition coefficient (Wildman–Crippen LogP) is 4.35. The third-order valence-electron chi connectivity index (χ3n) is 5.26. The number of imidazole rings is 1. The van der Waals surface area contributed by atoms with Crippen LogP contribution in [-0.4, -0.2) is 35.1 Å². The monoisotopic (exact) mass is 422 g/mol. The number of nitrogens with zero attached hydrogens (tertiary/aromatic N) is 5. The third kappa shape index (κ3) is 2.87. The molecule has 9 heteroatoms. The van der Waals surface area contributed by atoms with Gasteiger partial charge in [0.15, 0.2) is 11.5 Å². The summed E-state index contributed by atoms with van der Waals surface area (Å²) >= 11 is 0. The van der Waals surface area contributed by atoms with Crippen LogP contribution >= 0.6 is 0 Å². The first-order valence-corrected chi connectivity index (χ1v) is 9.82. The molecule has 0 fully saturated rings. The zero-order valence-corrected chi connectivity index (χ0v) is 16.5. The van der Waals surface area contributed by atoms with Gasteiger partial charge in [-0.25, -0.2) is 14.4 Å². The first-order valence-electron chi connectivity index (χ1n) is 9.82. The summed E-state index contributed by atoms with van der Waals surface area (Å²) in [5, 5.41) is 8.14. The van der Waals surface area contributed by atoms with E-state index in [2.05, 4.69) is 30.1 Å². The number of rotatable bonds is 3. The molecule has 5 aromatic heterocycles. The molecule has 0 aliphatic heterocycles. The molecule has 32 heavy (non-hydrogen) atoms. The van der Waals surface area contributed by atoms with E-state index in [0.29, 0.717) is 39.6 Å². The average Bonchev–Trinajstić information content (AvgIpc) is 3.43. The van der Waals surface area contributed by atoms with Crippen LogP contribution in [0.2, 0.25) is 0 Å². The van der Waals surface area contributed by atoms with Gasteiger partial charge >= 0.3 is 0 Å². The summed E-state index contributed by atoms with van der Waals surface area (Å²) in [5.41, 5.74) is 11.5. The van der Waals surface area contributed by atoms with E-state index in [1.165, 1.54) is 6.07 Å². The summed E-state index contributed by atoms with van der Waals surface area (Å²) in [6, 6.07) is 12.1. The molecular formula is C23H15FN8. The van der Waals surface area contributed by atoms with Gasteiger partial charge in [0.25, 0.3) is 0 Å². The number of aromatic nitrogens is 7. The molecule has 0 amide bonds. The molecular weight excluding hydrogens is 407 g/mol. The molecule has 5 heterocycles. The molecule has 1 aromatic carbocycles. The Bertz CT molecular complexity index is 1620. The Labute approximate surface area is 180 Å². The van der Waals surface area contributed by atoms with Gasteiger partial charge in [-0.1, -0.05) is 12.1 Å². The largest absolute Gasteiger partial charge is 0.397 e. The van der Waals surface area contributed by atoms with Gasteiger partial charge in [-0.3, -0.25) is 15.1 Å². The second-order valence-electron chi connectivity index (χ2n) is 7.32. The van der Waals surface area contributed by atoms with Gasteiger partial charge < -0.3 is 10.7 Å². The minimum absolute atomic E-state index is 0.355. The maximum Gasteiger partial charge on any atom is 0.159 e. The quantitative estimate of drug-likeness (QED) is 0.390. The first kappa shape index (κ1) is 18.1. The smallest absolute Gasteiger partial charge is 0.159 e. The number of halogens is 1. The van der Waals surface area contributed by atoms with Crippen molar-refractivity contribution in [2.75, 3.05) is 5.73 Å². The molecule has 0 radical (unpaired) electrons. The van der Waals surface area contributed by atoms with E-state index < -0.39 is 0 Å². The van der Waals surface area contributed by atoms with Crippen molar-refractivity contribution < 1.29 is 4.39 Å². The summed E-state index contributed by atoms with van der Waals surface area (Å²) in [6.45, 7) is 0. The minimum Gasteiger partial charge on any atom is -0.397 e. The van der Waals surface area contributed by atoms with Gasteiger partial charge in [-0.2, -0.15) is 5.10 Å². The molecule has 0 saturated carbocycles. The highest BCUT2D eigenvalue weighted by atomic mass is 19.1. The topological polar surface area (TPSA) is 122 Å². The Morgan fingerprint density at radius 1 is 0.906 bits per heavy atom. The Balaban J connectivity index is 1.52. The Morgan fingerprint density at radius 2 is 1.78 bits per heavy atom. The molecule has 0 unspecified atom stereocenters. The minimum atomic E-state index is -0.355. The van der Waals surface area contributed by atoms with Crippen LogP contribution in [0.3, 0.4) is 0 Å². The van der Waals surface area contributed by atoms with Crippen molar-refractivity contribution >= 4 is 27.8 Å². The Hall–Kier alpha value is -4.66. The van der Waals surface area contributed by atoms with E-state index in [1.807, 2.05) is 12.1 Å². The molecule has 0 saturated heterocycles. The zero-order valence-electron chi connectivity index (χ0n) is 16.5. The number of nitrogens with two attached hydrogens (primary N) is 1. The number of fused-ring (bicyclic) bond motifs is 2. The lowest BCUT2D eigenvalue weighted by atomic mass is 10.1. The number of pyridine rings is 3. The lowest BCUT2D eigenvalue weighted by Crippen LogP contribution is -1.89. The molecule has 0 atom stereocenters. The maximum atomic E-state index is 14.4. The van der Waals surface area contributed by atoms with E-state index in [0.717, 1.165) is 22.0 Å². The molecule has 0 bridgehead atoms. The fourth-order valence-electron chi connectivity index (χ4n) is 3.76.